The molecule has 170 valence electrons. The van der Waals surface area contributed by atoms with Gasteiger partial charge in [0.2, 0.25) is 0 Å². The van der Waals surface area contributed by atoms with Crippen molar-refractivity contribution < 1.29 is 23.4 Å². The van der Waals surface area contributed by atoms with E-state index in [2.05, 4.69) is 10.3 Å². The number of alkyl halides is 2. The Morgan fingerprint density at radius 1 is 1.03 bits per heavy atom. The Kier molecular flexibility index (Phi) is 8.04. The van der Waals surface area contributed by atoms with Crippen LogP contribution >= 0.6 is 9.24 Å². The molecule has 0 bridgehead atoms. The molecule has 4 rings (SSSR count). The summed E-state index contributed by atoms with van der Waals surface area (Å²) in [6.45, 7) is 0.339. The average Bonchev–Trinajstić information content (AvgIpc) is 2.84. The smallest absolute Gasteiger partial charge is 0.283 e. The first-order valence-corrected chi connectivity index (χ1v) is 10.6. The molecule has 0 spiro atoms. The highest BCUT2D eigenvalue weighted by atomic mass is 31.0. The van der Waals surface area contributed by atoms with E-state index in [-0.39, 0.29) is 11.5 Å². The lowest BCUT2D eigenvalue weighted by Crippen LogP contribution is -2.23. The summed E-state index contributed by atoms with van der Waals surface area (Å²) in [5.41, 5.74) is -1.79. The first-order valence-electron chi connectivity index (χ1n) is 10.0. The Morgan fingerprint density at radius 2 is 1.79 bits per heavy atom. The first-order chi connectivity index (χ1) is 15.9. The van der Waals surface area contributed by atoms with E-state index in [1.54, 1.807) is 24.4 Å². The quantitative estimate of drug-likeness (QED) is 0.367. The highest BCUT2D eigenvalue weighted by molar-refractivity contribution is 7.17. The third kappa shape index (κ3) is 6.31. The second-order valence-electron chi connectivity index (χ2n) is 6.95. The van der Waals surface area contributed by atoms with Crippen LogP contribution in [0.5, 0.6) is 11.5 Å². The van der Waals surface area contributed by atoms with E-state index in [0.717, 1.165) is 23.6 Å². The number of benzene rings is 3. The Bertz CT molecular complexity index is 1210. The number of hydrogen-bond donors (Lipinski definition) is 2. The van der Waals surface area contributed by atoms with Gasteiger partial charge in [0.15, 0.2) is 0 Å². The van der Waals surface area contributed by atoms with Crippen molar-refractivity contribution in [3.05, 3.63) is 102 Å². The Labute approximate surface area is 192 Å². The SMILES string of the molecule is CO.O=C(NCc1ccccn1)c1ccc2c(Oc3ccc(C(F)(F)P)cc3)cccc2c1. The first kappa shape index (κ1) is 24.2. The molecule has 1 unspecified atom stereocenters. The molecule has 33 heavy (non-hydrogen) atoms. The summed E-state index contributed by atoms with van der Waals surface area (Å²) in [4.78, 5) is 16.7. The zero-order valence-electron chi connectivity index (χ0n) is 17.8. The van der Waals surface area contributed by atoms with Crippen LogP contribution in [0.25, 0.3) is 10.8 Å². The molecule has 0 aliphatic rings. The van der Waals surface area contributed by atoms with Crippen LogP contribution in [0.2, 0.25) is 0 Å². The van der Waals surface area contributed by atoms with Gasteiger partial charge >= 0.3 is 0 Å². The van der Waals surface area contributed by atoms with Gasteiger partial charge in [-0.25, -0.2) is 0 Å². The van der Waals surface area contributed by atoms with E-state index < -0.39 is 5.66 Å². The average molecular weight is 468 g/mol. The van der Waals surface area contributed by atoms with Gasteiger partial charge in [0.05, 0.1) is 12.2 Å². The summed E-state index contributed by atoms with van der Waals surface area (Å²) in [7, 11) is 2.52. The molecule has 0 aliphatic heterocycles. The number of rotatable bonds is 6. The number of nitrogens with zero attached hydrogens (tertiary/aromatic N) is 1. The third-order valence-corrected chi connectivity index (χ3v) is 5.06. The molecule has 0 aliphatic carbocycles. The lowest BCUT2D eigenvalue weighted by molar-refractivity contribution is 0.0950. The molecule has 1 aromatic heterocycles. The molecular weight excluding hydrogens is 445 g/mol. The topological polar surface area (TPSA) is 71.5 Å². The van der Waals surface area contributed by atoms with Crippen molar-refractivity contribution in [3.63, 3.8) is 0 Å². The highest BCUT2D eigenvalue weighted by Gasteiger charge is 2.24. The van der Waals surface area contributed by atoms with Gasteiger partial charge in [-0.2, -0.15) is 8.78 Å². The molecule has 1 atom stereocenters. The van der Waals surface area contributed by atoms with Crippen molar-refractivity contribution in [1.82, 2.24) is 10.3 Å². The fourth-order valence-corrected chi connectivity index (χ4v) is 3.32. The predicted molar refractivity (Wildman–Crippen MR) is 128 cm³/mol. The van der Waals surface area contributed by atoms with Crippen molar-refractivity contribution in [3.8, 4) is 11.5 Å². The lowest BCUT2D eigenvalue weighted by atomic mass is 10.1. The van der Waals surface area contributed by atoms with E-state index in [1.807, 2.05) is 36.4 Å². The van der Waals surface area contributed by atoms with E-state index in [0.29, 0.717) is 23.6 Å². The molecule has 5 nitrogen and oxygen atoms in total. The van der Waals surface area contributed by atoms with Gasteiger partial charge in [-0.1, -0.05) is 27.4 Å². The number of ether oxygens (including phenoxy) is 1. The Morgan fingerprint density at radius 3 is 2.45 bits per heavy atom. The summed E-state index contributed by atoms with van der Waals surface area (Å²) in [6, 6.07) is 22.0. The molecule has 8 heteroatoms. The minimum atomic E-state index is -2.98. The number of nitrogens with one attached hydrogen (secondary N) is 1. The van der Waals surface area contributed by atoms with Gasteiger partial charge in [-0.15, -0.1) is 0 Å². The summed E-state index contributed by atoms with van der Waals surface area (Å²) >= 11 is 0. The largest absolute Gasteiger partial charge is 0.457 e. The number of aliphatic hydroxyl groups excluding tert-OH is 1. The van der Waals surface area contributed by atoms with Gasteiger partial charge in [0.25, 0.3) is 11.6 Å². The number of halogens is 2. The summed E-state index contributed by atoms with van der Waals surface area (Å²) in [5.74, 6) is 0.818. The van der Waals surface area contributed by atoms with Gasteiger partial charge in [0.1, 0.15) is 11.5 Å². The number of carbonyl (C=O) groups excluding carboxylic acids is 1. The second-order valence-corrected chi connectivity index (χ2v) is 7.67. The van der Waals surface area contributed by atoms with Gasteiger partial charge in [0, 0.05) is 29.8 Å². The van der Waals surface area contributed by atoms with Crippen molar-refractivity contribution in [2.45, 2.75) is 12.2 Å². The van der Waals surface area contributed by atoms with Crippen molar-refractivity contribution >= 4 is 25.9 Å². The van der Waals surface area contributed by atoms with Crippen LogP contribution < -0.4 is 10.1 Å². The normalized spacial score (nSPS) is 10.8. The van der Waals surface area contributed by atoms with Gasteiger partial charge < -0.3 is 15.2 Å². The van der Waals surface area contributed by atoms with Crippen LogP contribution in [0.1, 0.15) is 21.6 Å². The van der Waals surface area contributed by atoms with E-state index in [1.165, 1.54) is 33.5 Å². The molecule has 3 aromatic carbocycles. The maximum atomic E-state index is 13.4. The number of carbonyl (C=O) groups is 1. The van der Waals surface area contributed by atoms with Crippen LogP contribution in [-0.2, 0) is 12.2 Å². The molecule has 0 saturated heterocycles. The lowest BCUT2D eigenvalue weighted by Gasteiger charge is -2.13. The summed E-state index contributed by atoms with van der Waals surface area (Å²) in [6.07, 6.45) is 1.68. The summed E-state index contributed by atoms with van der Waals surface area (Å²) in [5, 5.41) is 11.5. The van der Waals surface area contributed by atoms with Crippen LogP contribution in [0, 0.1) is 0 Å². The fourth-order valence-electron chi connectivity index (χ4n) is 3.13. The standard InChI is InChI=1S/C24H19F2N2O2P.CH4O/c25-24(26,31)18-8-10-20(11-9-18)30-22-6-3-4-16-14-17(7-12-21(16)22)23(29)28-15-19-5-1-2-13-27-19;1-2/h1-14H,15,31H2,(H,28,29);2H,1H3. The van der Waals surface area contributed by atoms with Crippen LogP contribution in [0.15, 0.2) is 85.1 Å². The van der Waals surface area contributed by atoms with Crippen LogP contribution in [0.4, 0.5) is 8.78 Å². The molecule has 4 aromatic rings. The zero-order chi connectivity index (χ0) is 23.8. The number of aliphatic hydroxyl groups is 1. The predicted octanol–water partition coefficient (Wildman–Crippen LogP) is 5.49. The number of hydrogen-bond acceptors (Lipinski definition) is 4. The van der Waals surface area contributed by atoms with Crippen molar-refractivity contribution in [1.29, 1.82) is 0 Å². The second kappa shape index (κ2) is 10.9. The van der Waals surface area contributed by atoms with Crippen molar-refractivity contribution in [2.24, 2.45) is 0 Å². The molecule has 0 saturated carbocycles. The maximum absolute atomic E-state index is 13.4. The maximum Gasteiger partial charge on any atom is 0.283 e. The van der Waals surface area contributed by atoms with E-state index >= 15 is 0 Å². The number of fused-ring (bicyclic) bond motifs is 1. The third-order valence-electron chi connectivity index (χ3n) is 4.73. The Balaban J connectivity index is 0.00000149. The number of amides is 1. The van der Waals surface area contributed by atoms with Crippen LogP contribution in [-0.4, -0.2) is 23.1 Å². The summed E-state index contributed by atoms with van der Waals surface area (Å²) < 4.78 is 32.6. The number of aromatic nitrogens is 1. The molecule has 2 N–H and O–H groups in total. The minimum absolute atomic E-state index is 0.107. The van der Waals surface area contributed by atoms with E-state index in [9.17, 15) is 13.6 Å². The molecule has 0 fully saturated rings. The number of pyridine rings is 1. The fraction of sp³-hybridized carbons (Fsp3) is 0.120. The van der Waals surface area contributed by atoms with E-state index in [4.69, 9.17) is 9.84 Å². The van der Waals surface area contributed by atoms with Crippen molar-refractivity contribution in [2.75, 3.05) is 7.11 Å². The van der Waals surface area contributed by atoms with Gasteiger partial charge in [-0.05, 0) is 66.0 Å². The Hall–Kier alpha value is -3.41. The van der Waals surface area contributed by atoms with Gasteiger partial charge in [-0.3, -0.25) is 9.78 Å². The van der Waals surface area contributed by atoms with Crippen LogP contribution in [0.3, 0.4) is 0 Å². The zero-order valence-corrected chi connectivity index (χ0v) is 19.0. The molecule has 0 radical (unpaired) electrons. The monoisotopic (exact) mass is 468 g/mol. The highest BCUT2D eigenvalue weighted by Crippen LogP contribution is 2.36. The minimum Gasteiger partial charge on any atom is -0.457 e. The molecule has 1 amide bonds. The molecule has 1 heterocycles. The molecular formula is C25H23F2N2O3P.